The van der Waals surface area contributed by atoms with E-state index in [1.165, 1.54) is 5.56 Å². The standard InChI is InChI=1S/C13H18N2O/c1-14-13(16)12-9-11(7-8-15-12)10-5-3-2-4-6-10/h2-6,11-12,15H,7-9H2,1H3,(H,14,16). The lowest BCUT2D eigenvalue weighted by Crippen LogP contribution is -2.47. The number of amides is 1. The lowest BCUT2D eigenvalue weighted by Gasteiger charge is -2.29. The molecule has 0 radical (unpaired) electrons. The Morgan fingerprint density at radius 3 is 2.81 bits per heavy atom. The van der Waals surface area contributed by atoms with E-state index in [0.29, 0.717) is 5.92 Å². The molecule has 1 aromatic carbocycles. The van der Waals surface area contributed by atoms with Crippen LogP contribution in [0.15, 0.2) is 30.3 Å². The molecule has 1 fully saturated rings. The molecule has 0 saturated carbocycles. The molecule has 2 atom stereocenters. The Morgan fingerprint density at radius 1 is 1.38 bits per heavy atom. The highest BCUT2D eigenvalue weighted by Crippen LogP contribution is 2.27. The maximum absolute atomic E-state index is 11.6. The molecule has 1 saturated heterocycles. The van der Waals surface area contributed by atoms with E-state index in [9.17, 15) is 4.79 Å². The minimum Gasteiger partial charge on any atom is -0.358 e. The van der Waals surface area contributed by atoms with Crippen LogP contribution in [-0.2, 0) is 4.79 Å². The van der Waals surface area contributed by atoms with Gasteiger partial charge in [0.1, 0.15) is 0 Å². The molecule has 2 unspecified atom stereocenters. The second kappa shape index (κ2) is 5.12. The van der Waals surface area contributed by atoms with Gasteiger partial charge in [0.2, 0.25) is 5.91 Å². The zero-order chi connectivity index (χ0) is 11.4. The number of hydrogen-bond acceptors (Lipinski definition) is 2. The molecular weight excluding hydrogens is 200 g/mol. The Morgan fingerprint density at radius 2 is 2.12 bits per heavy atom. The average Bonchev–Trinajstić information content (AvgIpc) is 2.39. The predicted molar refractivity (Wildman–Crippen MR) is 64.3 cm³/mol. The van der Waals surface area contributed by atoms with E-state index in [2.05, 4.69) is 34.9 Å². The van der Waals surface area contributed by atoms with E-state index < -0.39 is 0 Å². The normalized spacial score (nSPS) is 25.1. The summed E-state index contributed by atoms with van der Waals surface area (Å²) in [5.74, 6) is 0.602. The van der Waals surface area contributed by atoms with Crippen LogP contribution in [0.5, 0.6) is 0 Å². The second-order valence-electron chi connectivity index (χ2n) is 4.25. The Kier molecular flexibility index (Phi) is 3.57. The largest absolute Gasteiger partial charge is 0.358 e. The van der Waals surface area contributed by atoms with Gasteiger partial charge in [-0.3, -0.25) is 4.79 Å². The average molecular weight is 218 g/mol. The maximum atomic E-state index is 11.6. The van der Waals surface area contributed by atoms with Crippen LogP contribution >= 0.6 is 0 Å². The molecule has 2 rings (SSSR count). The maximum Gasteiger partial charge on any atom is 0.236 e. The summed E-state index contributed by atoms with van der Waals surface area (Å²) in [5.41, 5.74) is 1.35. The van der Waals surface area contributed by atoms with Crippen molar-refractivity contribution in [2.24, 2.45) is 0 Å². The fourth-order valence-corrected chi connectivity index (χ4v) is 2.32. The van der Waals surface area contributed by atoms with Gasteiger partial charge in [-0.05, 0) is 30.9 Å². The van der Waals surface area contributed by atoms with Crippen LogP contribution in [0.4, 0.5) is 0 Å². The minimum atomic E-state index is -0.0380. The third-order valence-electron chi connectivity index (χ3n) is 3.24. The van der Waals surface area contributed by atoms with Crippen LogP contribution in [0.2, 0.25) is 0 Å². The smallest absolute Gasteiger partial charge is 0.236 e. The summed E-state index contributed by atoms with van der Waals surface area (Å²) in [7, 11) is 1.69. The molecule has 86 valence electrons. The summed E-state index contributed by atoms with van der Waals surface area (Å²) < 4.78 is 0. The highest BCUT2D eigenvalue weighted by Gasteiger charge is 2.26. The zero-order valence-electron chi connectivity index (χ0n) is 9.57. The van der Waals surface area contributed by atoms with Gasteiger partial charge in [0, 0.05) is 7.05 Å². The summed E-state index contributed by atoms with van der Waals surface area (Å²) in [6.45, 7) is 0.914. The van der Waals surface area contributed by atoms with E-state index in [4.69, 9.17) is 0 Å². The van der Waals surface area contributed by atoms with Crippen molar-refractivity contribution >= 4 is 5.91 Å². The molecule has 0 bridgehead atoms. The van der Waals surface area contributed by atoms with Gasteiger partial charge in [0.15, 0.2) is 0 Å². The number of carbonyl (C=O) groups is 1. The molecule has 2 N–H and O–H groups in total. The highest BCUT2D eigenvalue weighted by atomic mass is 16.2. The van der Waals surface area contributed by atoms with Crippen molar-refractivity contribution in [1.29, 1.82) is 0 Å². The van der Waals surface area contributed by atoms with E-state index in [-0.39, 0.29) is 11.9 Å². The second-order valence-corrected chi connectivity index (χ2v) is 4.25. The lowest BCUT2D eigenvalue weighted by atomic mass is 9.86. The SMILES string of the molecule is CNC(=O)C1CC(c2ccccc2)CCN1. The van der Waals surface area contributed by atoms with Crippen molar-refractivity contribution in [2.75, 3.05) is 13.6 Å². The van der Waals surface area contributed by atoms with Crippen molar-refractivity contribution in [1.82, 2.24) is 10.6 Å². The van der Waals surface area contributed by atoms with E-state index in [1.54, 1.807) is 7.05 Å². The fraction of sp³-hybridized carbons (Fsp3) is 0.462. The number of carbonyl (C=O) groups excluding carboxylic acids is 1. The molecule has 0 spiro atoms. The van der Waals surface area contributed by atoms with Crippen LogP contribution in [0, 0.1) is 0 Å². The van der Waals surface area contributed by atoms with E-state index >= 15 is 0 Å². The number of benzene rings is 1. The Bertz CT molecular complexity index is 350. The number of likely N-dealkylation sites (N-methyl/N-ethyl adjacent to an activating group) is 1. The van der Waals surface area contributed by atoms with Crippen LogP contribution in [0.3, 0.4) is 0 Å². The van der Waals surface area contributed by atoms with Gasteiger partial charge in [-0.15, -0.1) is 0 Å². The first kappa shape index (κ1) is 11.1. The molecule has 0 aromatic heterocycles. The molecule has 3 heteroatoms. The van der Waals surface area contributed by atoms with Crippen LogP contribution in [-0.4, -0.2) is 25.5 Å². The first-order valence-corrected chi connectivity index (χ1v) is 5.81. The minimum absolute atomic E-state index is 0.0380. The Labute approximate surface area is 96.2 Å². The zero-order valence-corrected chi connectivity index (χ0v) is 9.57. The van der Waals surface area contributed by atoms with Crippen LogP contribution in [0.1, 0.15) is 24.3 Å². The summed E-state index contributed by atoms with van der Waals surface area (Å²) in [4.78, 5) is 11.6. The predicted octanol–water partition coefficient (Wildman–Crippen LogP) is 1.27. The van der Waals surface area contributed by atoms with Crippen molar-refractivity contribution in [3.8, 4) is 0 Å². The quantitative estimate of drug-likeness (QED) is 0.785. The number of rotatable bonds is 2. The highest BCUT2D eigenvalue weighted by molar-refractivity contribution is 5.81. The summed E-state index contributed by atoms with van der Waals surface area (Å²) in [6, 6.07) is 10.4. The molecule has 1 aliphatic heterocycles. The third-order valence-corrected chi connectivity index (χ3v) is 3.24. The summed E-state index contributed by atoms with van der Waals surface area (Å²) in [6.07, 6.45) is 2.00. The van der Waals surface area contributed by atoms with Crippen LogP contribution < -0.4 is 10.6 Å². The Hall–Kier alpha value is -1.35. The van der Waals surface area contributed by atoms with Gasteiger partial charge in [0.05, 0.1) is 6.04 Å². The van der Waals surface area contributed by atoms with Gasteiger partial charge >= 0.3 is 0 Å². The third kappa shape index (κ3) is 2.42. The van der Waals surface area contributed by atoms with E-state index in [1.807, 2.05) is 6.07 Å². The molecule has 16 heavy (non-hydrogen) atoms. The van der Waals surface area contributed by atoms with Gasteiger partial charge in [0.25, 0.3) is 0 Å². The van der Waals surface area contributed by atoms with Gasteiger partial charge < -0.3 is 10.6 Å². The van der Waals surface area contributed by atoms with Crippen LogP contribution in [0.25, 0.3) is 0 Å². The lowest BCUT2D eigenvalue weighted by molar-refractivity contribution is -0.123. The molecule has 1 aromatic rings. The number of nitrogens with one attached hydrogen (secondary N) is 2. The van der Waals surface area contributed by atoms with Crippen molar-refractivity contribution in [3.63, 3.8) is 0 Å². The molecule has 1 amide bonds. The fourth-order valence-electron chi connectivity index (χ4n) is 2.32. The molecule has 1 heterocycles. The first-order valence-electron chi connectivity index (χ1n) is 5.81. The number of hydrogen-bond donors (Lipinski definition) is 2. The molecule has 3 nitrogen and oxygen atoms in total. The first-order chi connectivity index (χ1) is 7.81. The van der Waals surface area contributed by atoms with Gasteiger partial charge in [-0.25, -0.2) is 0 Å². The summed E-state index contributed by atoms with van der Waals surface area (Å²) >= 11 is 0. The van der Waals surface area contributed by atoms with Gasteiger partial charge in [-0.2, -0.15) is 0 Å². The number of piperidine rings is 1. The molecule has 0 aliphatic carbocycles. The molecule has 1 aliphatic rings. The van der Waals surface area contributed by atoms with Crippen molar-refractivity contribution < 1.29 is 4.79 Å². The molecular formula is C13H18N2O. The van der Waals surface area contributed by atoms with Crippen molar-refractivity contribution in [2.45, 2.75) is 24.8 Å². The van der Waals surface area contributed by atoms with Gasteiger partial charge in [-0.1, -0.05) is 30.3 Å². The van der Waals surface area contributed by atoms with E-state index in [0.717, 1.165) is 19.4 Å². The van der Waals surface area contributed by atoms with Crippen molar-refractivity contribution in [3.05, 3.63) is 35.9 Å². The Balaban J connectivity index is 2.05. The summed E-state index contributed by atoms with van der Waals surface area (Å²) in [5, 5.41) is 5.96. The topological polar surface area (TPSA) is 41.1 Å². The monoisotopic (exact) mass is 218 g/mol.